The lowest BCUT2D eigenvalue weighted by molar-refractivity contribution is 0.0968. The average molecular weight is 528 g/mol. The van der Waals surface area contributed by atoms with E-state index >= 15 is 0 Å². The number of carbonyl (C=O) groups is 1. The van der Waals surface area contributed by atoms with Gasteiger partial charge in [-0.1, -0.05) is 34.5 Å². The molecule has 3 aromatic rings. The van der Waals surface area contributed by atoms with E-state index in [1.165, 1.54) is 4.57 Å². The Morgan fingerprint density at radius 3 is 2.88 bits per heavy atom. The molecular formula is C19H19Cl2N7O3S2. The number of amidine groups is 1. The first-order valence-electron chi connectivity index (χ1n) is 9.69. The van der Waals surface area contributed by atoms with E-state index in [1.807, 2.05) is 0 Å². The number of aryl methyl sites for hydroxylation is 1. The summed E-state index contributed by atoms with van der Waals surface area (Å²) >= 11 is 14.4. The Morgan fingerprint density at radius 2 is 2.15 bits per heavy atom. The maximum absolute atomic E-state index is 13.3. The minimum Gasteiger partial charge on any atom is -0.495 e. The molecule has 0 saturated carbocycles. The first-order chi connectivity index (χ1) is 15.7. The molecule has 33 heavy (non-hydrogen) atoms. The van der Waals surface area contributed by atoms with Crippen LogP contribution in [0.25, 0.3) is 10.9 Å². The van der Waals surface area contributed by atoms with Crippen molar-refractivity contribution in [2.45, 2.75) is 25.3 Å². The topological polar surface area (TPSA) is 149 Å². The third-order valence-corrected chi connectivity index (χ3v) is 7.38. The third-order valence-electron chi connectivity index (χ3n) is 4.91. The van der Waals surface area contributed by atoms with Gasteiger partial charge in [-0.25, -0.2) is 9.97 Å². The first-order valence-corrected chi connectivity index (χ1v) is 12.1. The summed E-state index contributed by atoms with van der Waals surface area (Å²) in [5.74, 6) is -1.23. The van der Waals surface area contributed by atoms with Crippen LogP contribution in [0.5, 0.6) is 0 Å². The largest absolute Gasteiger partial charge is 0.495 e. The van der Waals surface area contributed by atoms with Crippen molar-refractivity contribution in [3.8, 4) is 0 Å². The number of nitrogens with zero attached hydrogens (tertiary/aromatic N) is 4. The second kappa shape index (κ2) is 9.47. The Hall–Kier alpha value is -2.38. The van der Waals surface area contributed by atoms with Crippen LogP contribution in [0, 0.1) is 18.3 Å². The van der Waals surface area contributed by atoms with E-state index in [0.29, 0.717) is 26.6 Å². The average Bonchev–Trinajstić information content (AvgIpc) is 3.44. The smallest absolute Gasteiger partial charge is 0.274 e. The number of hydrogen-bond acceptors (Lipinski definition) is 9. The van der Waals surface area contributed by atoms with E-state index in [-0.39, 0.29) is 40.6 Å². The summed E-state index contributed by atoms with van der Waals surface area (Å²) in [4.78, 5) is 22.1. The molecule has 0 amide bonds. The lowest BCUT2D eigenvalue weighted by atomic mass is 10.1. The summed E-state index contributed by atoms with van der Waals surface area (Å²) in [6.07, 6.45) is 1.60. The molecule has 0 spiro atoms. The Labute approximate surface area is 206 Å². The molecule has 14 heteroatoms. The molecule has 1 aliphatic rings. The summed E-state index contributed by atoms with van der Waals surface area (Å²) in [5.41, 5.74) is 1.06. The molecule has 5 N–H and O–H groups in total. The quantitative estimate of drug-likeness (QED) is 0.141. The van der Waals surface area contributed by atoms with E-state index in [2.05, 4.69) is 25.0 Å². The molecule has 3 aromatic heterocycles. The van der Waals surface area contributed by atoms with Gasteiger partial charge in [0.15, 0.2) is 5.13 Å². The SMILES string of the molecule is Cc1nc(NC2SN=C(O)C2C(=N)NC(C)CO)sc1C(=O)n1ccc2c(Cl)nc(Cl)cc21. The number of aromatic nitrogens is 3. The van der Waals surface area contributed by atoms with Gasteiger partial charge >= 0.3 is 0 Å². The molecule has 10 nitrogen and oxygen atoms in total. The molecule has 0 bridgehead atoms. The van der Waals surface area contributed by atoms with E-state index in [9.17, 15) is 15.0 Å². The van der Waals surface area contributed by atoms with E-state index < -0.39 is 11.3 Å². The summed E-state index contributed by atoms with van der Waals surface area (Å²) in [7, 11) is 0. The molecule has 4 heterocycles. The van der Waals surface area contributed by atoms with Gasteiger partial charge in [-0.2, -0.15) is 4.40 Å². The maximum Gasteiger partial charge on any atom is 0.274 e. The Morgan fingerprint density at radius 1 is 1.39 bits per heavy atom. The normalized spacial score (nSPS) is 18.9. The number of fused-ring (bicyclic) bond motifs is 1. The van der Waals surface area contributed by atoms with Crippen LogP contribution in [0.15, 0.2) is 22.7 Å². The summed E-state index contributed by atoms with van der Waals surface area (Å²) < 4.78 is 5.40. The van der Waals surface area contributed by atoms with Crippen molar-refractivity contribution >= 4 is 80.2 Å². The van der Waals surface area contributed by atoms with Crippen molar-refractivity contribution in [3.05, 3.63) is 39.2 Å². The van der Waals surface area contributed by atoms with Crippen LogP contribution < -0.4 is 10.6 Å². The Balaban J connectivity index is 1.57. The van der Waals surface area contributed by atoms with Crippen LogP contribution >= 0.6 is 46.5 Å². The molecule has 1 aliphatic heterocycles. The number of rotatable bonds is 6. The summed E-state index contributed by atoms with van der Waals surface area (Å²) in [6, 6.07) is 2.92. The number of anilines is 1. The number of halogens is 2. The zero-order chi connectivity index (χ0) is 23.9. The van der Waals surface area contributed by atoms with Gasteiger partial charge in [0.05, 0.1) is 17.8 Å². The van der Waals surface area contributed by atoms with Gasteiger partial charge in [-0.05, 0) is 19.9 Å². The summed E-state index contributed by atoms with van der Waals surface area (Å²) in [6.45, 7) is 3.29. The lowest BCUT2D eigenvalue weighted by Gasteiger charge is -2.22. The fourth-order valence-corrected chi connectivity index (χ4v) is 5.66. The highest BCUT2D eigenvalue weighted by Gasteiger charge is 2.37. The number of carbonyl (C=O) groups excluding carboxylic acids is 1. The molecule has 0 fully saturated rings. The second-order valence-corrected chi connectivity index (χ2v) is 9.98. The van der Waals surface area contributed by atoms with Gasteiger partial charge in [0, 0.05) is 35.6 Å². The molecule has 0 aliphatic carbocycles. The molecule has 0 radical (unpaired) electrons. The van der Waals surface area contributed by atoms with Gasteiger partial charge in [0.25, 0.3) is 5.91 Å². The van der Waals surface area contributed by atoms with Crippen molar-refractivity contribution in [2.24, 2.45) is 10.3 Å². The monoisotopic (exact) mass is 527 g/mol. The standard InChI is InChI=1S/C19H19Cl2N7O3S2/c1-7(6-29)23-15(22)12-16(30)27-33-17(12)26-19-24-8(2)13(32-19)18(31)28-4-3-9-10(28)5-11(20)25-14(9)21/h3-5,7,12,17,29H,6H2,1-2H3,(H2,22,23)(H,24,26)(H,27,30). The predicted octanol–water partition coefficient (Wildman–Crippen LogP) is 3.72. The summed E-state index contributed by atoms with van der Waals surface area (Å²) in [5, 5.41) is 34.5. The molecule has 3 unspecified atom stereocenters. The van der Waals surface area contributed by atoms with Crippen LogP contribution in [0.2, 0.25) is 10.3 Å². The lowest BCUT2D eigenvalue weighted by Crippen LogP contribution is -2.45. The van der Waals surface area contributed by atoms with E-state index in [1.54, 1.807) is 32.2 Å². The van der Waals surface area contributed by atoms with Gasteiger partial charge in [0.2, 0.25) is 5.90 Å². The predicted molar refractivity (Wildman–Crippen MR) is 132 cm³/mol. The fraction of sp³-hybridized carbons (Fsp3) is 0.316. The number of aliphatic hydroxyl groups excluding tert-OH is 2. The van der Waals surface area contributed by atoms with Crippen LogP contribution in [-0.2, 0) is 0 Å². The van der Waals surface area contributed by atoms with Gasteiger partial charge in [-0.3, -0.25) is 14.8 Å². The van der Waals surface area contributed by atoms with Gasteiger partial charge in [0.1, 0.15) is 32.3 Å². The minimum absolute atomic E-state index is 0.0195. The second-order valence-electron chi connectivity index (χ2n) is 7.33. The van der Waals surface area contributed by atoms with Gasteiger partial charge < -0.3 is 20.8 Å². The molecule has 174 valence electrons. The molecular weight excluding hydrogens is 509 g/mol. The highest BCUT2D eigenvalue weighted by atomic mass is 35.5. The van der Waals surface area contributed by atoms with Gasteiger partial charge in [-0.15, -0.1) is 0 Å². The molecule has 3 atom stereocenters. The highest BCUT2D eigenvalue weighted by molar-refractivity contribution is 7.99. The van der Waals surface area contributed by atoms with Crippen molar-refractivity contribution in [1.29, 1.82) is 5.41 Å². The molecule has 0 saturated heterocycles. The van der Waals surface area contributed by atoms with Crippen molar-refractivity contribution in [2.75, 3.05) is 11.9 Å². The van der Waals surface area contributed by atoms with Crippen LogP contribution in [0.3, 0.4) is 0 Å². The number of thiazole rings is 1. The zero-order valence-electron chi connectivity index (χ0n) is 17.3. The Bertz CT molecular complexity index is 1280. The van der Waals surface area contributed by atoms with Crippen LogP contribution in [0.1, 0.15) is 22.3 Å². The number of hydrogen-bond donors (Lipinski definition) is 5. The number of aliphatic hydroxyl groups is 2. The van der Waals surface area contributed by atoms with Crippen molar-refractivity contribution in [3.63, 3.8) is 0 Å². The number of pyridine rings is 1. The minimum atomic E-state index is -0.752. The van der Waals surface area contributed by atoms with Crippen LogP contribution in [0.4, 0.5) is 5.13 Å². The molecule has 4 rings (SSSR count). The first kappa shape index (κ1) is 23.8. The molecule has 0 aromatic carbocycles. The van der Waals surface area contributed by atoms with E-state index in [0.717, 1.165) is 23.3 Å². The van der Waals surface area contributed by atoms with Crippen molar-refractivity contribution in [1.82, 2.24) is 19.9 Å². The van der Waals surface area contributed by atoms with Crippen molar-refractivity contribution < 1.29 is 15.0 Å². The maximum atomic E-state index is 13.3. The number of nitrogens with one attached hydrogen (secondary N) is 3. The Kier molecular flexibility index (Phi) is 6.82. The third kappa shape index (κ3) is 4.66. The fourth-order valence-electron chi connectivity index (χ4n) is 3.28. The van der Waals surface area contributed by atoms with E-state index in [4.69, 9.17) is 28.6 Å². The zero-order valence-corrected chi connectivity index (χ0v) is 20.5. The van der Waals surface area contributed by atoms with Crippen LogP contribution in [-0.4, -0.2) is 60.4 Å². The highest BCUT2D eigenvalue weighted by Crippen LogP contribution is 2.34.